The summed E-state index contributed by atoms with van der Waals surface area (Å²) in [5, 5.41) is 0.338. The van der Waals surface area contributed by atoms with Crippen molar-refractivity contribution in [3.05, 3.63) is 94.5 Å². The number of carbonyl (C=O) groups is 1. The molecule has 0 aliphatic heterocycles. The largest absolute Gasteiger partial charge is 0.493 e. The molecule has 4 nitrogen and oxygen atoms in total. The molecule has 3 aromatic rings. The molecule has 3 rings (SSSR count). The van der Waals surface area contributed by atoms with Gasteiger partial charge in [0.1, 0.15) is 0 Å². The van der Waals surface area contributed by atoms with E-state index in [-0.39, 0.29) is 5.91 Å². The quantitative estimate of drug-likeness (QED) is 0.552. The zero-order chi connectivity index (χ0) is 19.9. The fourth-order valence-electron chi connectivity index (χ4n) is 3.03. The molecular weight excluding hydrogens is 374 g/mol. The van der Waals surface area contributed by atoms with Crippen LogP contribution in [0.5, 0.6) is 11.5 Å². The highest BCUT2D eigenvalue weighted by Gasteiger charge is 2.21. The number of ether oxygens (including phenoxy) is 2. The third-order valence-corrected chi connectivity index (χ3v) is 4.68. The van der Waals surface area contributed by atoms with Gasteiger partial charge in [0.15, 0.2) is 11.5 Å². The van der Waals surface area contributed by atoms with Crippen LogP contribution in [0.15, 0.2) is 72.8 Å². The first kappa shape index (κ1) is 19.8. The van der Waals surface area contributed by atoms with Gasteiger partial charge in [-0.2, -0.15) is 0 Å². The van der Waals surface area contributed by atoms with Crippen LogP contribution in [0, 0.1) is 0 Å². The molecule has 5 heteroatoms. The minimum Gasteiger partial charge on any atom is -0.493 e. The third kappa shape index (κ3) is 4.65. The molecule has 0 bridgehead atoms. The SMILES string of the molecule is COc1cc(C(=O)N(Cc2ccccc2)Cc2ccccc2)cc(Cl)c1OC. The lowest BCUT2D eigenvalue weighted by Gasteiger charge is -2.24. The van der Waals surface area contributed by atoms with Crippen molar-refractivity contribution in [1.82, 2.24) is 4.90 Å². The lowest BCUT2D eigenvalue weighted by Crippen LogP contribution is -2.30. The van der Waals surface area contributed by atoms with Crippen LogP contribution in [0.2, 0.25) is 5.02 Å². The summed E-state index contributed by atoms with van der Waals surface area (Å²) in [6.45, 7) is 0.973. The van der Waals surface area contributed by atoms with Crippen molar-refractivity contribution in [3.8, 4) is 11.5 Å². The number of hydrogen-bond acceptors (Lipinski definition) is 3. The Morgan fingerprint density at radius 3 is 1.86 bits per heavy atom. The first-order valence-corrected chi connectivity index (χ1v) is 9.29. The van der Waals surface area contributed by atoms with Crippen LogP contribution in [0.4, 0.5) is 0 Å². The van der Waals surface area contributed by atoms with Crippen LogP contribution in [0.3, 0.4) is 0 Å². The molecule has 0 saturated heterocycles. The van der Waals surface area contributed by atoms with E-state index in [0.29, 0.717) is 35.2 Å². The van der Waals surface area contributed by atoms with E-state index in [2.05, 4.69) is 0 Å². The van der Waals surface area contributed by atoms with E-state index in [9.17, 15) is 4.79 Å². The zero-order valence-electron chi connectivity index (χ0n) is 15.9. The van der Waals surface area contributed by atoms with E-state index < -0.39 is 0 Å². The molecule has 28 heavy (non-hydrogen) atoms. The van der Waals surface area contributed by atoms with Crippen molar-refractivity contribution >= 4 is 17.5 Å². The summed E-state index contributed by atoms with van der Waals surface area (Å²) in [6, 6.07) is 23.1. The van der Waals surface area contributed by atoms with Crippen LogP contribution in [-0.2, 0) is 13.1 Å². The molecule has 3 aromatic carbocycles. The van der Waals surface area contributed by atoms with Crippen molar-refractivity contribution in [3.63, 3.8) is 0 Å². The number of nitrogens with zero attached hydrogens (tertiary/aromatic N) is 1. The Labute approximate surface area is 170 Å². The lowest BCUT2D eigenvalue weighted by molar-refractivity contribution is 0.0729. The Morgan fingerprint density at radius 2 is 1.39 bits per heavy atom. The highest BCUT2D eigenvalue weighted by Crippen LogP contribution is 2.36. The average molecular weight is 396 g/mol. The third-order valence-electron chi connectivity index (χ3n) is 4.40. The van der Waals surface area contributed by atoms with Crippen molar-refractivity contribution in [2.75, 3.05) is 14.2 Å². The van der Waals surface area contributed by atoms with E-state index >= 15 is 0 Å². The Hall–Kier alpha value is -2.98. The number of halogens is 1. The molecule has 0 aliphatic rings. The van der Waals surface area contributed by atoms with Gasteiger partial charge >= 0.3 is 0 Å². The fourth-order valence-corrected chi connectivity index (χ4v) is 3.32. The molecule has 0 atom stereocenters. The Morgan fingerprint density at radius 1 is 0.857 bits per heavy atom. The van der Waals surface area contributed by atoms with Crippen molar-refractivity contribution in [2.24, 2.45) is 0 Å². The number of benzene rings is 3. The van der Waals surface area contributed by atoms with Gasteiger partial charge in [-0.05, 0) is 23.3 Å². The van der Waals surface area contributed by atoms with Crippen LogP contribution < -0.4 is 9.47 Å². The highest BCUT2D eigenvalue weighted by molar-refractivity contribution is 6.32. The number of rotatable bonds is 7. The molecular formula is C23H22ClNO3. The van der Waals surface area contributed by atoms with E-state index in [0.717, 1.165) is 11.1 Å². The molecule has 0 spiro atoms. The van der Waals surface area contributed by atoms with Gasteiger partial charge in [-0.3, -0.25) is 4.79 Å². The molecule has 0 aliphatic carbocycles. The lowest BCUT2D eigenvalue weighted by atomic mass is 10.1. The van der Waals surface area contributed by atoms with Gasteiger partial charge in [0, 0.05) is 18.7 Å². The second-order valence-corrected chi connectivity index (χ2v) is 6.73. The van der Waals surface area contributed by atoms with E-state index in [1.165, 1.54) is 14.2 Å². The molecule has 0 unspecified atom stereocenters. The van der Waals surface area contributed by atoms with Crippen molar-refractivity contribution in [2.45, 2.75) is 13.1 Å². The van der Waals surface area contributed by atoms with Crippen LogP contribution in [0.1, 0.15) is 21.5 Å². The summed E-state index contributed by atoms with van der Waals surface area (Å²) in [5.41, 5.74) is 2.56. The number of hydrogen-bond donors (Lipinski definition) is 0. The van der Waals surface area contributed by atoms with Crippen LogP contribution in [-0.4, -0.2) is 25.0 Å². The molecule has 144 valence electrons. The molecule has 0 heterocycles. The van der Waals surface area contributed by atoms with Crippen molar-refractivity contribution < 1.29 is 14.3 Å². The van der Waals surface area contributed by atoms with Gasteiger partial charge in [-0.1, -0.05) is 72.3 Å². The first-order valence-electron chi connectivity index (χ1n) is 8.91. The van der Waals surface area contributed by atoms with Gasteiger partial charge in [0.05, 0.1) is 19.2 Å². The zero-order valence-corrected chi connectivity index (χ0v) is 16.6. The number of methoxy groups -OCH3 is 2. The van der Waals surface area contributed by atoms with Crippen LogP contribution in [0.25, 0.3) is 0 Å². The maximum absolute atomic E-state index is 13.3. The fraction of sp³-hybridized carbons (Fsp3) is 0.174. The molecule has 0 aromatic heterocycles. The highest BCUT2D eigenvalue weighted by atomic mass is 35.5. The Balaban J connectivity index is 1.94. The van der Waals surface area contributed by atoms with Gasteiger partial charge in [0.2, 0.25) is 0 Å². The van der Waals surface area contributed by atoms with Gasteiger partial charge in [-0.15, -0.1) is 0 Å². The molecule has 0 N–H and O–H groups in total. The number of carbonyl (C=O) groups excluding carboxylic acids is 1. The van der Waals surface area contributed by atoms with Crippen molar-refractivity contribution in [1.29, 1.82) is 0 Å². The normalized spacial score (nSPS) is 10.4. The maximum atomic E-state index is 13.3. The summed E-state index contributed by atoms with van der Waals surface area (Å²) in [6.07, 6.45) is 0. The van der Waals surface area contributed by atoms with E-state index in [1.54, 1.807) is 17.0 Å². The molecule has 0 fully saturated rings. The van der Waals surface area contributed by atoms with Gasteiger partial charge < -0.3 is 14.4 Å². The Kier molecular flexibility index (Phi) is 6.56. The van der Waals surface area contributed by atoms with Crippen LogP contribution >= 0.6 is 11.6 Å². The number of amides is 1. The second kappa shape index (κ2) is 9.29. The predicted octanol–water partition coefficient (Wildman–Crippen LogP) is 5.20. The second-order valence-electron chi connectivity index (χ2n) is 6.33. The maximum Gasteiger partial charge on any atom is 0.254 e. The minimum atomic E-state index is -0.129. The monoisotopic (exact) mass is 395 g/mol. The smallest absolute Gasteiger partial charge is 0.254 e. The summed E-state index contributed by atoms with van der Waals surface area (Å²) < 4.78 is 10.6. The summed E-state index contributed by atoms with van der Waals surface area (Å²) in [7, 11) is 3.04. The topological polar surface area (TPSA) is 38.8 Å². The summed E-state index contributed by atoms with van der Waals surface area (Å²) >= 11 is 6.31. The van der Waals surface area contributed by atoms with E-state index in [1.807, 2.05) is 60.7 Å². The van der Waals surface area contributed by atoms with Gasteiger partial charge in [0.25, 0.3) is 5.91 Å². The van der Waals surface area contributed by atoms with E-state index in [4.69, 9.17) is 21.1 Å². The Bertz CT molecular complexity index is 888. The predicted molar refractivity (Wildman–Crippen MR) is 111 cm³/mol. The first-order chi connectivity index (χ1) is 13.6. The molecule has 1 amide bonds. The van der Waals surface area contributed by atoms with Gasteiger partial charge in [-0.25, -0.2) is 0 Å². The molecule has 0 saturated carbocycles. The molecule has 0 radical (unpaired) electrons. The standard InChI is InChI=1S/C23H22ClNO3/c1-27-21-14-19(13-20(24)22(21)28-2)23(26)25(15-17-9-5-3-6-10-17)16-18-11-7-4-8-12-18/h3-14H,15-16H2,1-2H3. The summed E-state index contributed by atoms with van der Waals surface area (Å²) in [4.78, 5) is 15.1. The minimum absolute atomic E-state index is 0.129. The average Bonchev–Trinajstić information content (AvgIpc) is 2.73. The summed E-state index contributed by atoms with van der Waals surface area (Å²) in [5.74, 6) is 0.715.